The highest BCUT2D eigenvalue weighted by molar-refractivity contribution is 5.96. The summed E-state index contributed by atoms with van der Waals surface area (Å²) in [6, 6.07) is 18.1. The van der Waals surface area contributed by atoms with Crippen LogP contribution < -0.4 is 10.1 Å². The number of aliphatic carboxylic acids is 1. The average Bonchev–Trinajstić information content (AvgIpc) is 2.92. The van der Waals surface area contributed by atoms with Crippen molar-refractivity contribution in [3.63, 3.8) is 0 Å². The van der Waals surface area contributed by atoms with Gasteiger partial charge in [-0.1, -0.05) is 36.4 Å². The Morgan fingerprint density at radius 2 is 1.79 bits per heavy atom. The van der Waals surface area contributed by atoms with Crippen LogP contribution in [-0.2, 0) is 29.0 Å². The van der Waals surface area contributed by atoms with E-state index in [4.69, 9.17) is 9.47 Å². The number of halogens is 1. The van der Waals surface area contributed by atoms with Gasteiger partial charge < -0.3 is 19.9 Å². The first kappa shape index (κ1) is 28.3. The summed E-state index contributed by atoms with van der Waals surface area (Å²) in [5.74, 6) is -0.653. The van der Waals surface area contributed by atoms with Crippen LogP contribution in [0.15, 0.2) is 60.7 Å². The van der Waals surface area contributed by atoms with Crippen LogP contribution in [0.4, 0.5) is 4.39 Å². The fourth-order valence-electron chi connectivity index (χ4n) is 4.99. The first-order chi connectivity index (χ1) is 18.7. The number of nitrogens with one attached hydrogen (secondary N) is 1. The van der Waals surface area contributed by atoms with Crippen molar-refractivity contribution in [3.05, 3.63) is 99.9 Å². The molecule has 0 aliphatic carbocycles. The molecule has 0 bridgehead atoms. The number of carboxylic acid groups (broad SMARTS) is 1. The van der Waals surface area contributed by atoms with Crippen LogP contribution >= 0.6 is 0 Å². The number of benzene rings is 3. The molecule has 1 fully saturated rings. The molecule has 0 radical (unpaired) electrons. The number of hydrogen-bond donors (Lipinski definition) is 2. The SMILES string of the molecule is Cc1ccc(C)c(OCc2ccc(CCC(=O)O)c(C(=O)NC3(CCc4cccc(F)c4)CCOCC3)c2)c1. The van der Waals surface area contributed by atoms with Gasteiger partial charge in [-0.25, -0.2) is 4.39 Å². The number of rotatable bonds is 11. The maximum absolute atomic E-state index is 13.8. The minimum absolute atomic E-state index is 0.0723. The second kappa shape index (κ2) is 12.9. The van der Waals surface area contributed by atoms with Gasteiger partial charge in [0, 0.05) is 30.7 Å². The van der Waals surface area contributed by atoms with Gasteiger partial charge in [-0.05, 0) is 98.0 Å². The van der Waals surface area contributed by atoms with Crippen LogP contribution in [0.2, 0.25) is 0 Å². The maximum atomic E-state index is 13.8. The lowest BCUT2D eigenvalue weighted by molar-refractivity contribution is -0.136. The number of carboxylic acids is 1. The lowest BCUT2D eigenvalue weighted by Gasteiger charge is -2.38. The van der Waals surface area contributed by atoms with E-state index in [1.807, 2.05) is 50.2 Å². The molecular weight excluding hydrogens is 497 g/mol. The molecule has 4 rings (SSSR count). The van der Waals surface area contributed by atoms with Gasteiger partial charge in [-0.2, -0.15) is 0 Å². The molecule has 0 unspecified atom stereocenters. The highest BCUT2D eigenvalue weighted by Crippen LogP contribution is 2.28. The summed E-state index contributed by atoms with van der Waals surface area (Å²) in [4.78, 5) is 25.1. The molecule has 0 aromatic heterocycles. The van der Waals surface area contributed by atoms with Crippen LogP contribution in [0.5, 0.6) is 5.75 Å². The van der Waals surface area contributed by atoms with Crippen molar-refractivity contribution in [3.8, 4) is 5.75 Å². The topological polar surface area (TPSA) is 84.9 Å². The molecule has 6 nitrogen and oxygen atoms in total. The molecule has 1 aliphatic heterocycles. The molecule has 1 heterocycles. The fourth-order valence-corrected chi connectivity index (χ4v) is 4.99. The maximum Gasteiger partial charge on any atom is 0.303 e. The van der Waals surface area contributed by atoms with Crippen molar-refractivity contribution in [2.75, 3.05) is 13.2 Å². The van der Waals surface area contributed by atoms with Crippen molar-refractivity contribution < 1.29 is 28.6 Å². The Morgan fingerprint density at radius 3 is 2.54 bits per heavy atom. The molecule has 3 aromatic rings. The zero-order valence-corrected chi connectivity index (χ0v) is 22.6. The molecule has 0 saturated carbocycles. The number of hydrogen-bond acceptors (Lipinski definition) is 4. The number of aryl methyl sites for hydroxylation is 4. The normalized spacial score (nSPS) is 14.5. The largest absolute Gasteiger partial charge is 0.489 e. The lowest BCUT2D eigenvalue weighted by Crippen LogP contribution is -2.52. The minimum Gasteiger partial charge on any atom is -0.489 e. The van der Waals surface area contributed by atoms with Crippen molar-refractivity contribution in [1.82, 2.24) is 5.32 Å². The van der Waals surface area contributed by atoms with Gasteiger partial charge >= 0.3 is 5.97 Å². The third-order valence-corrected chi connectivity index (χ3v) is 7.37. The quantitative estimate of drug-likeness (QED) is 0.318. The summed E-state index contributed by atoms with van der Waals surface area (Å²) in [6.07, 6.45) is 2.73. The molecule has 0 spiro atoms. The van der Waals surface area contributed by atoms with Crippen LogP contribution in [0, 0.1) is 19.7 Å². The Labute approximate surface area is 229 Å². The molecule has 2 N–H and O–H groups in total. The summed E-state index contributed by atoms with van der Waals surface area (Å²) in [7, 11) is 0. The molecule has 1 amide bonds. The van der Waals surface area contributed by atoms with E-state index < -0.39 is 11.5 Å². The van der Waals surface area contributed by atoms with Crippen molar-refractivity contribution in [1.29, 1.82) is 0 Å². The van der Waals surface area contributed by atoms with Crippen LogP contribution in [0.3, 0.4) is 0 Å². The van der Waals surface area contributed by atoms with E-state index in [0.29, 0.717) is 50.0 Å². The van der Waals surface area contributed by atoms with Gasteiger partial charge in [0.2, 0.25) is 0 Å². The average molecular weight is 534 g/mol. The van der Waals surface area contributed by atoms with Crippen molar-refractivity contribution in [2.24, 2.45) is 0 Å². The van der Waals surface area contributed by atoms with E-state index in [1.165, 1.54) is 12.1 Å². The number of carbonyl (C=O) groups is 2. The predicted molar refractivity (Wildman–Crippen MR) is 148 cm³/mol. The molecule has 1 aliphatic rings. The zero-order chi connectivity index (χ0) is 27.8. The summed E-state index contributed by atoms with van der Waals surface area (Å²) < 4.78 is 25.4. The molecular formula is C32H36FNO5. The van der Waals surface area contributed by atoms with E-state index in [2.05, 4.69) is 5.32 Å². The number of carbonyl (C=O) groups excluding carboxylic acids is 1. The van der Waals surface area contributed by atoms with Gasteiger partial charge in [-0.15, -0.1) is 0 Å². The molecule has 39 heavy (non-hydrogen) atoms. The fraction of sp³-hybridized carbons (Fsp3) is 0.375. The molecule has 0 atom stereocenters. The van der Waals surface area contributed by atoms with Gasteiger partial charge in [0.05, 0.1) is 0 Å². The molecule has 7 heteroatoms. The Morgan fingerprint density at radius 1 is 1.00 bits per heavy atom. The second-order valence-electron chi connectivity index (χ2n) is 10.4. The monoisotopic (exact) mass is 533 g/mol. The lowest BCUT2D eigenvalue weighted by atomic mass is 9.83. The van der Waals surface area contributed by atoms with Crippen molar-refractivity contribution in [2.45, 2.75) is 64.5 Å². The van der Waals surface area contributed by atoms with Crippen LogP contribution in [0.25, 0.3) is 0 Å². The van der Waals surface area contributed by atoms with Gasteiger partial charge in [0.25, 0.3) is 5.91 Å². The summed E-state index contributed by atoms with van der Waals surface area (Å²) in [5.41, 5.74) is 4.45. The Bertz CT molecular complexity index is 1320. The molecule has 1 saturated heterocycles. The van der Waals surface area contributed by atoms with Gasteiger partial charge in [0.1, 0.15) is 18.2 Å². The summed E-state index contributed by atoms with van der Waals surface area (Å²) in [5, 5.41) is 12.5. The van der Waals surface area contributed by atoms with E-state index in [-0.39, 0.29) is 31.2 Å². The first-order valence-electron chi connectivity index (χ1n) is 13.4. The van der Waals surface area contributed by atoms with Crippen LogP contribution in [-0.4, -0.2) is 35.7 Å². The third kappa shape index (κ3) is 7.90. The molecule has 3 aromatic carbocycles. The molecule has 206 valence electrons. The Kier molecular flexibility index (Phi) is 9.36. The summed E-state index contributed by atoms with van der Waals surface area (Å²) in [6.45, 7) is 5.33. The standard InChI is InChI=1S/C32H36FNO5/c1-22-6-7-23(2)29(18-22)39-21-25-8-9-26(10-11-30(35)36)28(20-25)31(37)34-32(14-16-38-17-15-32)13-12-24-4-3-5-27(33)19-24/h3-9,18-20H,10-17,21H2,1-2H3,(H,34,37)(H,35,36). The van der Waals surface area contributed by atoms with E-state index in [9.17, 15) is 19.1 Å². The number of ether oxygens (including phenoxy) is 2. The van der Waals surface area contributed by atoms with E-state index in [1.54, 1.807) is 12.1 Å². The predicted octanol–water partition coefficient (Wildman–Crippen LogP) is 5.95. The third-order valence-electron chi connectivity index (χ3n) is 7.37. The van der Waals surface area contributed by atoms with Crippen molar-refractivity contribution >= 4 is 11.9 Å². The second-order valence-corrected chi connectivity index (χ2v) is 10.4. The van der Waals surface area contributed by atoms with Crippen LogP contribution in [0.1, 0.15) is 63.9 Å². The number of amides is 1. The smallest absolute Gasteiger partial charge is 0.303 e. The minimum atomic E-state index is -0.917. The highest BCUT2D eigenvalue weighted by Gasteiger charge is 2.34. The Balaban J connectivity index is 1.55. The highest BCUT2D eigenvalue weighted by atomic mass is 19.1. The zero-order valence-electron chi connectivity index (χ0n) is 22.6. The first-order valence-corrected chi connectivity index (χ1v) is 13.4. The van der Waals surface area contributed by atoms with Gasteiger partial charge in [-0.3, -0.25) is 9.59 Å². The van der Waals surface area contributed by atoms with E-state index in [0.717, 1.165) is 28.0 Å². The Hall–Kier alpha value is -3.71. The summed E-state index contributed by atoms with van der Waals surface area (Å²) >= 11 is 0. The van der Waals surface area contributed by atoms with E-state index >= 15 is 0 Å². The van der Waals surface area contributed by atoms with Gasteiger partial charge in [0.15, 0.2) is 0 Å².